The van der Waals surface area contributed by atoms with Crippen LogP contribution in [0.1, 0.15) is 11.3 Å². The molecule has 2 N–H and O–H groups in total. The number of anilines is 1. The zero-order chi connectivity index (χ0) is 21.0. The van der Waals surface area contributed by atoms with E-state index in [0.717, 1.165) is 0 Å². The van der Waals surface area contributed by atoms with Crippen molar-refractivity contribution < 1.29 is 9.90 Å². The average molecular weight is 432 g/mol. The molecule has 8 heteroatoms. The smallest absolute Gasteiger partial charge is 0.257 e. The molecule has 0 atom stereocenters. The highest BCUT2D eigenvalue weighted by Crippen LogP contribution is 2.22. The van der Waals surface area contributed by atoms with Gasteiger partial charge in [0, 0.05) is 34.9 Å². The number of benzene rings is 2. The van der Waals surface area contributed by atoms with Crippen LogP contribution in [0, 0.1) is 6.92 Å². The number of hydrogen-bond donors (Lipinski definition) is 2. The average Bonchev–Trinajstić information content (AvgIpc) is 2.69. The number of hydrogen-bond acceptors (Lipinski definition) is 4. The van der Waals surface area contributed by atoms with Gasteiger partial charge in [-0.1, -0.05) is 35.3 Å². The predicted octanol–water partition coefficient (Wildman–Crippen LogP) is 3.70. The van der Waals surface area contributed by atoms with Gasteiger partial charge in [0.15, 0.2) is 0 Å². The van der Waals surface area contributed by atoms with Gasteiger partial charge in [-0.05, 0) is 43.3 Å². The molecule has 150 valence electrons. The summed E-state index contributed by atoms with van der Waals surface area (Å²) in [6.07, 6.45) is 0.157. The number of amides is 1. The van der Waals surface area contributed by atoms with Gasteiger partial charge in [0.2, 0.25) is 5.91 Å². The Labute approximate surface area is 177 Å². The van der Waals surface area contributed by atoms with Crippen molar-refractivity contribution in [2.75, 3.05) is 11.9 Å². The molecule has 0 aliphatic carbocycles. The van der Waals surface area contributed by atoms with Crippen molar-refractivity contribution in [2.45, 2.75) is 19.9 Å². The van der Waals surface area contributed by atoms with Gasteiger partial charge in [-0.25, -0.2) is 4.98 Å². The number of carbonyl (C=O) groups excluding carboxylic acids is 1. The molecule has 1 heterocycles. The summed E-state index contributed by atoms with van der Waals surface area (Å²) in [4.78, 5) is 30.3. The van der Waals surface area contributed by atoms with Crippen LogP contribution in [0.3, 0.4) is 0 Å². The third-order valence-corrected chi connectivity index (χ3v) is 4.96. The first-order valence-electron chi connectivity index (χ1n) is 8.92. The summed E-state index contributed by atoms with van der Waals surface area (Å²) in [7, 11) is 0. The zero-order valence-electron chi connectivity index (χ0n) is 15.7. The summed E-state index contributed by atoms with van der Waals surface area (Å²) < 4.78 is 1.30. The van der Waals surface area contributed by atoms with Gasteiger partial charge in [-0.2, -0.15) is 0 Å². The third-order valence-electron chi connectivity index (χ3n) is 4.38. The molecule has 1 aromatic heterocycles. The molecule has 6 nitrogen and oxygen atoms in total. The monoisotopic (exact) mass is 431 g/mol. The van der Waals surface area contributed by atoms with Crippen molar-refractivity contribution in [3.63, 3.8) is 0 Å². The Morgan fingerprint density at radius 1 is 1.14 bits per heavy atom. The molecule has 0 aliphatic heterocycles. The van der Waals surface area contributed by atoms with Crippen LogP contribution in [0.15, 0.2) is 53.3 Å². The predicted molar refractivity (Wildman–Crippen MR) is 115 cm³/mol. The summed E-state index contributed by atoms with van der Waals surface area (Å²) in [6.45, 7) is 1.26. The second-order valence-electron chi connectivity index (χ2n) is 6.40. The Bertz CT molecular complexity index is 1100. The molecule has 0 unspecified atom stereocenters. The maximum atomic E-state index is 13.1. The molecule has 0 aliphatic rings. The van der Waals surface area contributed by atoms with Gasteiger partial charge in [0.1, 0.15) is 12.4 Å². The Balaban J connectivity index is 2.03. The number of carbonyl (C=O) groups is 1. The van der Waals surface area contributed by atoms with E-state index in [1.54, 1.807) is 55.5 Å². The second-order valence-corrected chi connectivity index (χ2v) is 7.24. The minimum atomic E-state index is -0.420. The minimum Gasteiger partial charge on any atom is -0.396 e. The molecule has 2 aromatic carbocycles. The van der Waals surface area contributed by atoms with Gasteiger partial charge in [0.25, 0.3) is 5.56 Å². The maximum Gasteiger partial charge on any atom is 0.257 e. The van der Waals surface area contributed by atoms with E-state index in [-0.39, 0.29) is 25.1 Å². The fourth-order valence-corrected chi connectivity index (χ4v) is 3.27. The van der Waals surface area contributed by atoms with Crippen LogP contribution in [0.2, 0.25) is 10.0 Å². The molecule has 0 saturated carbocycles. The number of aromatic nitrogens is 2. The van der Waals surface area contributed by atoms with Gasteiger partial charge in [-0.15, -0.1) is 0 Å². The number of aliphatic hydroxyl groups excluding tert-OH is 1. The first-order chi connectivity index (χ1) is 13.9. The molecule has 0 bridgehead atoms. The molecular formula is C21H19Cl2N3O3. The molecule has 0 saturated heterocycles. The van der Waals surface area contributed by atoms with Crippen LogP contribution in [-0.2, 0) is 17.8 Å². The summed E-state index contributed by atoms with van der Waals surface area (Å²) in [5, 5.41) is 13.0. The summed E-state index contributed by atoms with van der Waals surface area (Å²) in [5.41, 5.74) is 1.62. The quantitative estimate of drug-likeness (QED) is 0.622. The fraction of sp³-hybridized carbons (Fsp3) is 0.190. The first-order valence-corrected chi connectivity index (χ1v) is 9.67. The fourth-order valence-electron chi connectivity index (χ4n) is 2.96. The number of nitrogens with zero attached hydrogens (tertiary/aromatic N) is 2. The Morgan fingerprint density at radius 2 is 1.83 bits per heavy atom. The van der Waals surface area contributed by atoms with E-state index in [2.05, 4.69) is 10.3 Å². The molecule has 0 fully saturated rings. The van der Waals surface area contributed by atoms with Crippen LogP contribution in [0.5, 0.6) is 0 Å². The third kappa shape index (κ3) is 4.85. The SMILES string of the molecule is Cc1nc(-c2ccc(Cl)cc2)n(CC(=O)Nc2ccccc2Cl)c(=O)c1CCO. The van der Waals surface area contributed by atoms with Crippen molar-refractivity contribution in [3.05, 3.63) is 80.2 Å². The summed E-state index contributed by atoms with van der Waals surface area (Å²) in [6, 6.07) is 13.7. The number of aryl methyl sites for hydroxylation is 1. The van der Waals surface area contributed by atoms with Crippen molar-refractivity contribution in [1.82, 2.24) is 9.55 Å². The van der Waals surface area contributed by atoms with Gasteiger partial charge in [-0.3, -0.25) is 14.2 Å². The number of rotatable bonds is 6. The molecule has 29 heavy (non-hydrogen) atoms. The molecule has 0 spiro atoms. The van der Waals surface area contributed by atoms with E-state index in [0.29, 0.717) is 38.4 Å². The van der Waals surface area contributed by atoms with Crippen LogP contribution < -0.4 is 10.9 Å². The Hall–Kier alpha value is -2.67. The topological polar surface area (TPSA) is 84.2 Å². The first kappa shape index (κ1) is 21.0. The molecule has 3 rings (SSSR count). The van der Waals surface area contributed by atoms with Gasteiger partial charge < -0.3 is 10.4 Å². The second kappa shape index (κ2) is 9.22. The lowest BCUT2D eigenvalue weighted by atomic mass is 10.1. The largest absolute Gasteiger partial charge is 0.396 e. The lowest BCUT2D eigenvalue weighted by Gasteiger charge is -2.16. The van der Waals surface area contributed by atoms with Crippen LogP contribution in [0.25, 0.3) is 11.4 Å². The summed E-state index contributed by atoms with van der Waals surface area (Å²) >= 11 is 12.1. The number of aliphatic hydroxyl groups is 1. The van der Waals surface area contributed by atoms with E-state index in [9.17, 15) is 14.7 Å². The van der Waals surface area contributed by atoms with E-state index in [4.69, 9.17) is 23.2 Å². The lowest BCUT2D eigenvalue weighted by molar-refractivity contribution is -0.116. The van der Waals surface area contributed by atoms with E-state index in [1.807, 2.05) is 0 Å². The zero-order valence-corrected chi connectivity index (χ0v) is 17.2. The number of para-hydroxylation sites is 1. The van der Waals surface area contributed by atoms with Gasteiger partial charge >= 0.3 is 0 Å². The van der Waals surface area contributed by atoms with Crippen molar-refractivity contribution in [1.29, 1.82) is 0 Å². The standard InChI is InChI=1S/C21H19Cl2N3O3/c1-13-16(10-11-27)21(29)26(20(24-13)14-6-8-15(22)9-7-14)12-19(28)25-18-5-3-2-4-17(18)23/h2-9,27H,10-12H2,1H3,(H,25,28). The Kier molecular flexibility index (Phi) is 6.69. The lowest BCUT2D eigenvalue weighted by Crippen LogP contribution is -2.33. The van der Waals surface area contributed by atoms with Crippen LogP contribution in [-0.4, -0.2) is 27.2 Å². The highest BCUT2D eigenvalue weighted by molar-refractivity contribution is 6.33. The maximum absolute atomic E-state index is 13.1. The molecular weight excluding hydrogens is 413 g/mol. The van der Waals surface area contributed by atoms with E-state index < -0.39 is 5.91 Å². The molecule has 0 radical (unpaired) electrons. The van der Waals surface area contributed by atoms with Crippen molar-refractivity contribution in [3.8, 4) is 11.4 Å². The highest BCUT2D eigenvalue weighted by atomic mass is 35.5. The van der Waals surface area contributed by atoms with Crippen molar-refractivity contribution >= 4 is 34.8 Å². The molecule has 3 aromatic rings. The van der Waals surface area contributed by atoms with Crippen LogP contribution >= 0.6 is 23.2 Å². The summed E-state index contributed by atoms with van der Waals surface area (Å²) in [5.74, 6) is -0.0730. The molecule has 1 amide bonds. The number of halogens is 2. The highest BCUT2D eigenvalue weighted by Gasteiger charge is 2.18. The number of nitrogens with one attached hydrogen (secondary N) is 1. The normalized spacial score (nSPS) is 10.8. The van der Waals surface area contributed by atoms with Gasteiger partial charge in [0.05, 0.1) is 10.7 Å². The minimum absolute atomic E-state index is 0.157. The van der Waals surface area contributed by atoms with Crippen molar-refractivity contribution in [2.24, 2.45) is 0 Å². The van der Waals surface area contributed by atoms with E-state index >= 15 is 0 Å². The van der Waals surface area contributed by atoms with E-state index in [1.165, 1.54) is 4.57 Å². The Morgan fingerprint density at radius 3 is 2.48 bits per heavy atom. The van der Waals surface area contributed by atoms with Crippen LogP contribution in [0.4, 0.5) is 5.69 Å².